The van der Waals surface area contributed by atoms with Crippen LogP contribution in [0.4, 0.5) is 5.69 Å². The Morgan fingerprint density at radius 3 is 2.41 bits per heavy atom. The van der Waals surface area contributed by atoms with Crippen molar-refractivity contribution in [2.24, 2.45) is 0 Å². The van der Waals surface area contributed by atoms with Crippen molar-refractivity contribution < 1.29 is 0 Å². The molecule has 0 spiro atoms. The first-order chi connectivity index (χ1) is 8.27. The lowest BCUT2D eigenvalue weighted by atomic mass is 10.1. The van der Waals surface area contributed by atoms with Gasteiger partial charge in [-0.1, -0.05) is 25.1 Å². The van der Waals surface area contributed by atoms with Crippen LogP contribution >= 0.6 is 0 Å². The Labute approximate surface area is 106 Å². The topological polar surface area (TPSA) is 3.24 Å². The number of hydrogen-bond donors (Lipinski definition) is 0. The second kappa shape index (κ2) is 7.94. The van der Waals surface area contributed by atoms with E-state index >= 15 is 0 Å². The number of hydrogen-bond acceptors (Lipinski definition) is 1. The fourth-order valence-corrected chi connectivity index (χ4v) is 1.98. The third-order valence-corrected chi connectivity index (χ3v) is 3.01. The summed E-state index contributed by atoms with van der Waals surface area (Å²) in [4.78, 5) is 2.50. The van der Waals surface area contributed by atoms with Gasteiger partial charge in [-0.2, -0.15) is 0 Å². The first-order valence-electron chi connectivity index (χ1n) is 6.70. The van der Waals surface area contributed by atoms with E-state index in [0.29, 0.717) is 0 Å². The second-order valence-corrected chi connectivity index (χ2v) is 4.58. The summed E-state index contributed by atoms with van der Waals surface area (Å²) in [6.45, 7) is 10.2. The van der Waals surface area contributed by atoms with Crippen LogP contribution in [0.2, 0.25) is 0 Å². The summed E-state index contributed by atoms with van der Waals surface area (Å²) in [5, 5.41) is 0. The van der Waals surface area contributed by atoms with E-state index in [0.717, 1.165) is 6.42 Å². The molecular formula is C16H25N. The monoisotopic (exact) mass is 231 g/mol. The molecule has 1 heteroatoms. The summed E-state index contributed by atoms with van der Waals surface area (Å²) < 4.78 is 0. The molecule has 94 valence electrons. The van der Waals surface area contributed by atoms with E-state index in [9.17, 15) is 0 Å². The van der Waals surface area contributed by atoms with Crippen molar-refractivity contribution in [2.45, 2.75) is 39.5 Å². The third-order valence-electron chi connectivity index (χ3n) is 3.01. The number of piperidine rings is 1. The van der Waals surface area contributed by atoms with Crippen molar-refractivity contribution in [1.82, 2.24) is 0 Å². The lowest BCUT2D eigenvalue weighted by Gasteiger charge is -2.28. The highest BCUT2D eigenvalue weighted by Crippen LogP contribution is 2.20. The molecule has 0 unspecified atom stereocenters. The van der Waals surface area contributed by atoms with Crippen LogP contribution in [-0.2, 0) is 0 Å². The predicted molar refractivity (Wildman–Crippen MR) is 77.7 cm³/mol. The molecule has 1 fully saturated rings. The number of aryl methyl sites for hydroxylation is 1. The quantitative estimate of drug-likeness (QED) is 0.674. The minimum atomic E-state index is 1.08. The highest BCUT2D eigenvalue weighted by molar-refractivity contribution is 5.48. The third kappa shape index (κ3) is 5.08. The molecule has 1 heterocycles. The van der Waals surface area contributed by atoms with Crippen LogP contribution in [0.1, 0.15) is 38.2 Å². The maximum Gasteiger partial charge on any atom is 0.0368 e. The first-order valence-corrected chi connectivity index (χ1v) is 6.70. The molecule has 2 rings (SSSR count). The number of allylic oxidation sites excluding steroid dienone is 1. The van der Waals surface area contributed by atoms with Crippen LogP contribution in [0.5, 0.6) is 0 Å². The largest absolute Gasteiger partial charge is 0.372 e. The van der Waals surface area contributed by atoms with E-state index < -0.39 is 0 Å². The normalized spacial score (nSPS) is 14.8. The minimum Gasteiger partial charge on any atom is -0.372 e. The van der Waals surface area contributed by atoms with Gasteiger partial charge in [0.15, 0.2) is 0 Å². The Balaban J connectivity index is 0.000000317. The second-order valence-electron chi connectivity index (χ2n) is 4.58. The van der Waals surface area contributed by atoms with Crippen LogP contribution in [-0.4, -0.2) is 13.1 Å². The Bertz CT molecular complexity index is 324. The summed E-state index contributed by atoms with van der Waals surface area (Å²) in [7, 11) is 0. The van der Waals surface area contributed by atoms with Crippen LogP contribution in [0, 0.1) is 6.92 Å². The molecule has 1 aromatic carbocycles. The lowest BCUT2D eigenvalue weighted by Crippen LogP contribution is -2.29. The average molecular weight is 231 g/mol. The molecule has 0 amide bonds. The zero-order chi connectivity index (χ0) is 12.5. The molecule has 1 nitrogen and oxygen atoms in total. The number of benzene rings is 1. The van der Waals surface area contributed by atoms with Gasteiger partial charge in [-0.05, 0) is 50.3 Å². The van der Waals surface area contributed by atoms with Gasteiger partial charge in [0.25, 0.3) is 0 Å². The van der Waals surface area contributed by atoms with Crippen molar-refractivity contribution in [3.05, 3.63) is 42.5 Å². The standard InChI is InChI=1S/C12H17N.C4H8/c1-11-6-5-7-12(10-11)13-8-3-2-4-9-13;1-3-4-2/h5-7,10H,2-4,8-9H2,1H3;3H,1,4H2,2H3. The summed E-state index contributed by atoms with van der Waals surface area (Å²) in [6.07, 6.45) is 7.07. The number of nitrogens with zero attached hydrogens (tertiary/aromatic N) is 1. The van der Waals surface area contributed by atoms with E-state index in [2.05, 4.69) is 49.6 Å². The van der Waals surface area contributed by atoms with E-state index in [4.69, 9.17) is 0 Å². The summed E-state index contributed by atoms with van der Waals surface area (Å²) in [6, 6.07) is 8.82. The van der Waals surface area contributed by atoms with Crippen molar-refractivity contribution in [3.8, 4) is 0 Å². The van der Waals surface area contributed by atoms with Crippen molar-refractivity contribution >= 4 is 5.69 Å². The predicted octanol–water partition coefficient (Wildman–Crippen LogP) is 4.57. The van der Waals surface area contributed by atoms with Crippen molar-refractivity contribution in [2.75, 3.05) is 18.0 Å². The molecule has 1 aliphatic rings. The SMILES string of the molecule is C=CCC.Cc1cccc(N2CCCCC2)c1. The molecule has 0 saturated carbocycles. The molecule has 1 aromatic rings. The molecule has 1 saturated heterocycles. The molecule has 1 aliphatic heterocycles. The van der Waals surface area contributed by atoms with Gasteiger partial charge in [0, 0.05) is 18.8 Å². The molecule has 0 radical (unpaired) electrons. The fourth-order valence-electron chi connectivity index (χ4n) is 1.98. The van der Waals surface area contributed by atoms with Crippen LogP contribution in [0.25, 0.3) is 0 Å². The molecular weight excluding hydrogens is 206 g/mol. The Kier molecular flexibility index (Phi) is 6.46. The van der Waals surface area contributed by atoms with Crippen molar-refractivity contribution in [1.29, 1.82) is 0 Å². The van der Waals surface area contributed by atoms with Crippen LogP contribution in [0.3, 0.4) is 0 Å². The van der Waals surface area contributed by atoms with Gasteiger partial charge >= 0.3 is 0 Å². The molecule has 0 aromatic heterocycles. The van der Waals surface area contributed by atoms with Gasteiger partial charge in [0.05, 0.1) is 0 Å². The molecule has 0 bridgehead atoms. The Morgan fingerprint density at radius 2 is 1.88 bits per heavy atom. The van der Waals surface area contributed by atoms with Gasteiger partial charge in [0.1, 0.15) is 0 Å². The smallest absolute Gasteiger partial charge is 0.0368 e. The number of rotatable bonds is 2. The first kappa shape index (κ1) is 13.8. The fraction of sp³-hybridized carbons (Fsp3) is 0.500. The van der Waals surface area contributed by atoms with E-state index in [1.807, 2.05) is 6.08 Å². The van der Waals surface area contributed by atoms with E-state index in [1.165, 1.54) is 43.6 Å². The lowest BCUT2D eigenvalue weighted by molar-refractivity contribution is 0.578. The summed E-state index contributed by atoms with van der Waals surface area (Å²) in [5.74, 6) is 0. The maximum absolute atomic E-state index is 3.48. The highest BCUT2D eigenvalue weighted by Gasteiger charge is 2.09. The van der Waals surface area contributed by atoms with Crippen molar-refractivity contribution in [3.63, 3.8) is 0 Å². The molecule has 17 heavy (non-hydrogen) atoms. The Hall–Kier alpha value is -1.24. The zero-order valence-corrected chi connectivity index (χ0v) is 11.3. The highest BCUT2D eigenvalue weighted by atomic mass is 15.1. The van der Waals surface area contributed by atoms with Gasteiger partial charge in [-0.15, -0.1) is 6.58 Å². The number of anilines is 1. The molecule has 0 atom stereocenters. The zero-order valence-electron chi connectivity index (χ0n) is 11.3. The van der Waals surface area contributed by atoms with Gasteiger partial charge in [-0.3, -0.25) is 0 Å². The molecule has 0 aliphatic carbocycles. The van der Waals surface area contributed by atoms with Gasteiger partial charge in [0.2, 0.25) is 0 Å². The van der Waals surface area contributed by atoms with Crippen LogP contribution < -0.4 is 4.90 Å². The Morgan fingerprint density at radius 1 is 1.24 bits per heavy atom. The molecule has 0 N–H and O–H groups in total. The maximum atomic E-state index is 3.48. The van der Waals surface area contributed by atoms with Crippen LogP contribution in [0.15, 0.2) is 36.9 Å². The van der Waals surface area contributed by atoms with E-state index in [1.54, 1.807) is 0 Å². The average Bonchev–Trinajstić information content (AvgIpc) is 2.40. The van der Waals surface area contributed by atoms with Gasteiger partial charge in [-0.25, -0.2) is 0 Å². The summed E-state index contributed by atoms with van der Waals surface area (Å²) in [5.41, 5.74) is 2.77. The summed E-state index contributed by atoms with van der Waals surface area (Å²) >= 11 is 0. The van der Waals surface area contributed by atoms with Gasteiger partial charge < -0.3 is 4.90 Å². The van der Waals surface area contributed by atoms with E-state index in [-0.39, 0.29) is 0 Å². The minimum absolute atomic E-state index is 1.08.